The molecule has 1 atom stereocenters. The standard InChI is InChI=1S/C23H28N8O2S/c1-12-18(13(2)33-29-12)14-9-17-20(26-10-14)19(21(25)34-17)22(32)28-16-11-27-30(3)23(16)31-7-4-5-15(24)6-8-31/h9-11,15H,4-8,24-25H2,1-3H3,(H,28,32). The molecular formula is C23H28N8O2S. The molecule has 11 heteroatoms. The molecule has 1 fully saturated rings. The Morgan fingerprint density at radius 1 is 1.26 bits per heavy atom. The number of thiophene rings is 1. The fourth-order valence-electron chi connectivity index (χ4n) is 4.66. The topological polar surface area (TPSA) is 141 Å². The molecule has 5 N–H and O–H groups in total. The number of nitrogens with one attached hydrogen (secondary N) is 1. The minimum Gasteiger partial charge on any atom is -0.390 e. The van der Waals surface area contributed by atoms with Gasteiger partial charge in [0.25, 0.3) is 5.91 Å². The van der Waals surface area contributed by atoms with Gasteiger partial charge in [-0.3, -0.25) is 14.5 Å². The molecule has 0 bridgehead atoms. The first-order chi connectivity index (χ1) is 16.3. The summed E-state index contributed by atoms with van der Waals surface area (Å²) in [5.74, 6) is 1.29. The van der Waals surface area contributed by atoms with E-state index in [0.29, 0.717) is 21.8 Å². The molecule has 34 heavy (non-hydrogen) atoms. The van der Waals surface area contributed by atoms with Gasteiger partial charge in [-0.1, -0.05) is 5.16 Å². The van der Waals surface area contributed by atoms with Crippen molar-refractivity contribution < 1.29 is 9.32 Å². The van der Waals surface area contributed by atoms with Crippen molar-refractivity contribution in [2.24, 2.45) is 12.8 Å². The van der Waals surface area contributed by atoms with Crippen LogP contribution in [0.2, 0.25) is 0 Å². The summed E-state index contributed by atoms with van der Waals surface area (Å²) in [6, 6.07) is 2.18. The monoisotopic (exact) mass is 480 g/mol. The Labute approximate surface area is 200 Å². The molecular weight excluding hydrogens is 452 g/mol. The second kappa shape index (κ2) is 8.73. The average Bonchev–Trinajstić information content (AvgIpc) is 3.38. The van der Waals surface area contributed by atoms with E-state index in [1.54, 1.807) is 17.1 Å². The van der Waals surface area contributed by atoms with Crippen LogP contribution in [0.4, 0.5) is 16.5 Å². The minimum atomic E-state index is -0.304. The van der Waals surface area contributed by atoms with Crippen LogP contribution < -0.4 is 21.7 Å². The van der Waals surface area contributed by atoms with Gasteiger partial charge in [-0.25, -0.2) is 0 Å². The summed E-state index contributed by atoms with van der Waals surface area (Å²) >= 11 is 1.34. The second-order valence-electron chi connectivity index (χ2n) is 8.75. The predicted molar refractivity (Wildman–Crippen MR) is 134 cm³/mol. The molecule has 5 heterocycles. The van der Waals surface area contributed by atoms with E-state index >= 15 is 0 Å². The lowest BCUT2D eigenvalue weighted by atomic mass is 10.1. The van der Waals surface area contributed by atoms with Gasteiger partial charge in [0, 0.05) is 43.5 Å². The van der Waals surface area contributed by atoms with Crippen molar-refractivity contribution in [2.45, 2.75) is 39.2 Å². The number of anilines is 3. The predicted octanol–water partition coefficient (Wildman–Crippen LogP) is 3.45. The number of hydrogen-bond donors (Lipinski definition) is 3. The van der Waals surface area contributed by atoms with Crippen molar-refractivity contribution in [1.29, 1.82) is 0 Å². The summed E-state index contributed by atoms with van der Waals surface area (Å²) in [6.07, 6.45) is 6.30. The largest absolute Gasteiger partial charge is 0.390 e. The van der Waals surface area contributed by atoms with Crippen LogP contribution in [0.15, 0.2) is 23.0 Å². The lowest BCUT2D eigenvalue weighted by Crippen LogP contribution is -2.29. The number of pyridine rings is 1. The van der Waals surface area contributed by atoms with E-state index in [9.17, 15) is 4.79 Å². The van der Waals surface area contributed by atoms with Crippen LogP contribution in [-0.4, -0.2) is 45.0 Å². The number of carbonyl (C=O) groups excluding carboxylic acids is 1. The van der Waals surface area contributed by atoms with Gasteiger partial charge < -0.3 is 26.2 Å². The molecule has 0 aliphatic carbocycles. The van der Waals surface area contributed by atoms with Gasteiger partial charge in [0.2, 0.25) is 0 Å². The first kappa shape index (κ1) is 22.4. The van der Waals surface area contributed by atoms with Crippen molar-refractivity contribution in [3.05, 3.63) is 35.5 Å². The summed E-state index contributed by atoms with van der Waals surface area (Å²) in [5.41, 5.74) is 16.6. The minimum absolute atomic E-state index is 0.203. The number of carbonyl (C=O) groups is 1. The van der Waals surface area contributed by atoms with Gasteiger partial charge in [0.15, 0.2) is 5.82 Å². The maximum Gasteiger partial charge on any atom is 0.261 e. The van der Waals surface area contributed by atoms with E-state index < -0.39 is 0 Å². The molecule has 0 aromatic carbocycles. The smallest absolute Gasteiger partial charge is 0.261 e. The van der Waals surface area contributed by atoms with E-state index in [2.05, 4.69) is 25.5 Å². The van der Waals surface area contributed by atoms with E-state index in [-0.39, 0.29) is 11.9 Å². The van der Waals surface area contributed by atoms with Gasteiger partial charge in [-0.15, -0.1) is 11.3 Å². The zero-order valence-electron chi connectivity index (χ0n) is 19.5. The fourth-order valence-corrected chi connectivity index (χ4v) is 5.63. The van der Waals surface area contributed by atoms with Gasteiger partial charge >= 0.3 is 0 Å². The van der Waals surface area contributed by atoms with Crippen LogP contribution in [0.1, 0.15) is 41.1 Å². The Hall–Kier alpha value is -3.44. The van der Waals surface area contributed by atoms with E-state index in [4.69, 9.17) is 16.0 Å². The summed E-state index contributed by atoms with van der Waals surface area (Å²) < 4.78 is 7.90. The number of aromatic nitrogens is 4. The molecule has 178 valence electrons. The van der Waals surface area contributed by atoms with Gasteiger partial charge in [0.1, 0.15) is 22.0 Å². The first-order valence-corrected chi connectivity index (χ1v) is 12.1. The highest BCUT2D eigenvalue weighted by molar-refractivity contribution is 7.23. The number of nitrogen functional groups attached to an aromatic ring is 1. The zero-order chi connectivity index (χ0) is 24.0. The maximum absolute atomic E-state index is 13.4. The van der Waals surface area contributed by atoms with Crippen molar-refractivity contribution >= 4 is 44.0 Å². The number of nitrogens with zero attached hydrogens (tertiary/aromatic N) is 5. The molecule has 1 unspecified atom stereocenters. The first-order valence-electron chi connectivity index (χ1n) is 11.3. The average molecular weight is 481 g/mol. The van der Waals surface area contributed by atoms with Crippen molar-refractivity contribution in [3.63, 3.8) is 0 Å². The number of amides is 1. The third-order valence-corrected chi connectivity index (χ3v) is 7.29. The zero-order valence-corrected chi connectivity index (χ0v) is 20.3. The van der Waals surface area contributed by atoms with E-state index in [1.807, 2.05) is 27.0 Å². The summed E-state index contributed by atoms with van der Waals surface area (Å²) in [6.45, 7) is 5.44. The lowest BCUT2D eigenvalue weighted by Gasteiger charge is -2.24. The number of fused-ring (bicyclic) bond motifs is 1. The fraction of sp³-hybridized carbons (Fsp3) is 0.391. The van der Waals surface area contributed by atoms with E-state index in [0.717, 1.165) is 65.5 Å². The Morgan fingerprint density at radius 3 is 2.85 bits per heavy atom. The molecule has 1 saturated heterocycles. The highest BCUT2D eigenvalue weighted by Gasteiger charge is 2.25. The molecule has 4 aromatic heterocycles. The second-order valence-corrected chi connectivity index (χ2v) is 9.83. The maximum atomic E-state index is 13.4. The quantitative estimate of drug-likeness (QED) is 0.403. The number of nitrogens with two attached hydrogens (primary N) is 2. The van der Waals surface area contributed by atoms with Crippen LogP contribution in [0.5, 0.6) is 0 Å². The lowest BCUT2D eigenvalue weighted by molar-refractivity contribution is 0.102. The Bertz CT molecular complexity index is 1350. The molecule has 1 aliphatic rings. The Kier molecular flexibility index (Phi) is 5.74. The Morgan fingerprint density at radius 2 is 2.09 bits per heavy atom. The molecule has 1 amide bonds. The van der Waals surface area contributed by atoms with E-state index in [1.165, 1.54) is 11.3 Å². The summed E-state index contributed by atoms with van der Waals surface area (Å²) in [5, 5.41) is 11.9. The molecule has 1 aliphatic heterocycles. The molecule has 4 aromatic rings. The molecule has 10 nitrogen and oxygen atoms in total. The van der Waals surface area contributed by atoms with Gasteiger partial charge in [0.05, 0.1) is 22.1 Å². The number of rotatable bonds is 4. The van der Waals surface area contributed by atoms with Crippen LogP contribution >= 0.6 is 11.3 Å². The third-order valence-electron chi connectivity index (χ3n) is 6.33. The van der Waals surface area contributed by atoms with Crippen molar-refractivity contribution in [3.8, 4) is 11.1 Å². The van der Waals surface area contributed by atoms with Crippen LogP contribution in [0.25, 0.3) is 21.3 Å². The SMILES string of the molecule is Cc1noc(C)c1-c1cnc2c(C(=O)Nc3cnn(C)c3N3CCCC(N)CC3)c(N)sc2c1. The Balaban J connectivity index is 1.45. The number of aryl methyl sites for hydroxylation is 3. The number of hydrogen-bond acceptors (Lipinski definition) is 9. The third kappa shape index (κ3) is 3.90. The molecule has 5 rings (SSSR count). The summed E-state index contributed by atoms with van der Waals surface area (Å²) in [7, 11) is 1.88. The van der Waals surface area contributed by atoms with Crippen LogP contribution in [0, 0.1) is 13.8 Å². The summed E-state index contributed by atoms with van der Waals surface area (Å²) in [4.78, 5) is 20.2. The normalized spacial score (nSPS) is 16.7. The highest BCUT2D eigenvalue weighted by Crippen LogP contribution is 2.37. The van der Waals surface area contributed by atoms with Crippen molar-refractivity contribution in [2.75, 3.05) is 29.0 Å². The van der Waals surface area contributed by atoms with Crippen molar-refractivity contribution in [1.82, 2.24) is 19.9 Å². The molecule has 0 radical (unpaired) electrons. The molecule has 0 saturated carbocycles. The van der Waals surface area contributed by atoms with Gasteiger partial charge in [-0.05, 0) is 39.2 Å². The van der Waals surface area contributed by atoms with Crippen LogP contribution in [0.3, 0.4) is 0 Å². The molecule has 0 spiro atoms. The highest BCUT2D eigenvalue weighted by atomic mass is 32.1. The van der Waals surface area contributed by atoms with Crippen LogP contribution in [-0.2, 0) is 7.05 Å². The van der Waals surface area contributed by atoms with Gasteiger partial charge in [-0.2, -0.15) is 5.10 Å².